The van der Waals surface area contributed by atoms with Crippen molar-refractivity contribution >= 4 is 17.2 Å². The van der Waals surface area contributed by atoms with Crippen molar-refractivity contribution in [3.63, 3.8) is 0 Å². The number of hydrogen-bond donors (Lipinski definition) is 1. The van der Waals surface area contributed by atoms with Crippen molar-refractivity contribution in [1.82, 2.24) is 4.90 Å². The Hall–Kier alpha value is -1.31. The molecule has 0 spiro atoms. The Labute approximate surface area is 87.0 Å². The van der Waals surface area contributed by atoms with Crippen LogP contribution in [0.1, 0.15) is 15.2 Å². The Morgan fingerprint density at radius 3 is 2.93 bits per heavy atom. The minimum absolute atomic E-state index is 0.0535. The number of carbonyl (C=O) groups excluding carboxylic acids is 1. The molecule has 0 atom stereocenters. The summed E-state index contributed by atoms with van der Waals surface area (Å²) in [5.74, 6) is 5.21. The van der Waals surface area contributed by atoms with Gasteiger partial charge in [0.1, 0.15) is 11.5 Å². The van der Waals surface area contributed by atoms with E-state index in [0.29, 0.717) is 10.4 Å². The molecule has 0 radical (unpaired) electrons. The minimum Gasteiger partial charge on any atom is -0.384 e. The highest BCUT2D eigenvalue weighted by Gasteiger charge is 2.13. The van der Waals surface area contributed by atoms with E-state index >= 15 is 0 Å². The van der Waals surface area contributed by atoms with Crippen molar-refractivity contribution in [3.05, 3.63) is 21.9 Å². The standard InChI is InChI=1S/C10H11NO2S/c1-11(2)10(13)9-8(4-3-6-12)5-7-14-9/h5,7,12H,6H2,1-2H3. The second-order valence-electron chi connectivity index (χ2n) is 2.82. The highest BCUT2D eigenvalue weighted by atomic mass is 32.1. The van der Waals surface area contributed by atoms with E-state index in [0.717, 1.165) is 0 Å². The maximum atomic E-state index is 11.6. The average Bonchev–Trinajstić information content (AvgIpc) is 2.61. The zero-order chi connectivity index (χ0) is 10.6. The summed E-state index contributed by atoms with van der Waals surface area (Å²) >= 11 is 1.36. The Bertz CT molecular complexity index is 384. The molecule has 0 saturated heterocycles. The molecule has 0 aromatic carbocycles. The van der Waals surface area contributed by atoms with E-state index in [1.807, 2.05) is 5.38 Å². The number of aliphatic hydroxyl groups is 1. The van der Waals surface area contributed by atoms with Crippen LogP contribution in [0.4, 0.5) is 0 Å². The lowest BCUT2D eigenvalue weighted by Crippen LogP contribution is -2.21. The Balaban J connectivity index is 2.98. The molecule has 1 heterocycles. The van der Waals surface area contributed by atoms with Gasteiger partial charge in [-0.2, -0.15) is 0 Å². The fraction of sp³-hybridized carbons (Fsp3) is 0.300. The molecule has 1 aromatic heterocycles. The first-order valence-corrected chi connectivity index (χ1v) is 4.93. The van der Waals surface area contributed by atoms with Crippen molar-refractivity contribution in [1.29, 1.82) is 0 Å². The van der Waals surface area contributed by atoms with Crippen LogP contribution in [0.25, 0.3) is 0 Å². The molecule has 0 fully saturated rings. The number of amides is 1. The normalized spacial score (nSPS) is 9.07. The number of thiophene rings is 1. The molecule has 1 aromatic rings. The van der Waals surface area contributed by atoms with Gasteiger partial charge in [-0.05, 0) is 11.4 Å². The summed E-state index contributed by atoms with van der Waals surface area (Å²) in [5.41, 5.74) is 0.683. The van der Waals surface area contributed by atoms with Crippen molar-refractivity contribution in [2.24, 2.45) is 0 Å². The molecular weight excluding hydrogens is 198 g/mol. The fourth-order valence-electron chi connectivity index (χ4n) is 0.911. The lowest BCUT2D eigenvalue weighted by Gasteiger charge is -2.08. The summed E-state index contributed by atoms with van der Waals surface area (Å²) in [6.45, 7) is -0.189. The predicted molar refractivity (Wildman–Crippen MR) is 56.3 cm³/mol. The lowest BCUT2D eigenvalue weighted by molar-refractivity contribution is 0.0832. The van der Waals surface area contributed by atoms with Gasteiger partial charge < -0.3 is 10.0 Å². The van der Waals surface area contributed by atoms with E-state index < -0.39 is 0 Å². The maximum Gasteiger partial charge on any atom is 0.264 e. The predicted octanol–water partition coefficient (Wildman–Crippen LogP) is 0.794. The highest BCUT2D eigenvalue weighted by Crippen LogP contribution is 2.16. The minimum atomic E-state index is -0.189. The summed E-state index contributed by atoms with van der Waals surface area (Å²) < 4.78 is 0. The van der Waals surface area contributed by atoms with Crippen LogP contribution >= 0.6 is 11.3 Å². The van der Waals surface area contributed by atoms with E-state index in [9.17, 15) is 4.79 Å². The van der Waals surface area contributed by atoms with Gasteiger partial charge in [-0.25, -0.2) is 0 Å². The summed E-state index contributed by atoms with van der Waals surface area (Å²) in [6, 6.07) is 1.78. The topological polar surface area (TPSA) is 40.5 Å². The number of rotatable bonds is 1. The molecular formula is C10H11NO2S. The van der Waals surface area contributed by atoms with Crippen LogP contribution in [-0.2, 0) is 0 Å². The Morgan fingerprint density at radius 1 is 1.64 bits per heavy atom. The molecule has 4 heteroatoms. The van der Waals surface area contributed by atoms with Gasteiger partial charge in [-0.3, -0.25) is 4.79 Å². The molecule has 0 aliphatic heterocycles. The van der Waals surface area contributed by atoms with E-state index in [2.05, 4.69) is 11.8 Å². The lowest BCUT2D eigenvalue weighted by atomic mass is 10.2. The molecule has 3 nitrogen and oxygen atoms in total. The van der Waals surface area contributed by atoms with Crippen LogP contribution < -0.4 is 0 Å². The molecule has 0 aliphatic carbocycles. The van der Waals surface area contributed by atoms with Crippen LogP contribution in [0.5, 0.6) is 0 Å². The third-order valence-electron chi connectivity index (χ3n) is 1.57. The molecule has 0 unspecified atom stereocenters. The molecule has 14 heavy (non-hydrogen) atoms. The van der Waals surface area contributed by atoms with Gasteiger partial charge in [-0.1, -0.05) is 11.8 Å². The van der Waals surface area contributed by atoms with Crippen molar-refractivity contribution in [2.75, 3.05) is 20.7 Å². The van der Waals surface area contributed by atoms with E-state index in [4.69, 9.17) is 5.11 Å². The molecule has 74 valence electrons. The largest absolute Gasteiger partial charge is 0.384 e. The molecule has 0 bridgehead atoms. The van der Waals surface area contributed by atoms with Crippen LogP contribution in [0.2, 0.25) is 0 Å². The van der Waals surface area contributed by atoms with Gasteiger partial charge in [-0.15, -0.1) is 11.3 Å². The monoisotopic (exact) mass is 209 g/mol. The average molecular weight is 209 g/mol. The summed E-state index contributed by atoms with van der Waals surface area (Å²) in [7, 11) is 3.40. The molecule has 1 rings (SSSR count). The fourth-order valence-corrected chi connectivity index (χ4v) is 1.78. The van der Waals surface area contributed by atoms with Crippen LogP contribution in [0, 0.1) is 11.8 Å². The van der Waals surface area contributed by atoms with E-state index in [1.54, 1.807) is 20.2 Å². The zero-order valence-electron chi connectivity index (χ0n) is 8.07. The summed E-state index contributed by atoms with van der Waals surface area (Å²) in [5, 5.41) is 10.4. The molecule has 1 N–H and O–H groups in total. The van der Waals surface area contributed by atoms with Gasteiger partial charge in [0.25, 0.3) is 5.91 Å². The van der Waals surface area contributed by atoms with Gasteiger partial charge in [0.2, 0.25) is 0 Å². The number of aliphatic hydroxyl groups excluding tert-OH is 1. The zero-order valence-corrected chi connectivity index (χ0v) is 8.89. The second-order valence-corrected chi connectivity index (χ2v) is 3.74. The first-order chi connectivity index (χ1) is 6.66. The van der Waals surface area contributed by atoms with Crippen LogP contribution in [0.3, 0.4) is 0 Å². The Kier molecular flexibility index (Phi) is 3.69. The smallest absolute Gasteiger partial charge is 0.264 e. The van der Waals surface area contributed by atoms with E-state index in [1.165, 1.54) is 16.2 Å². The number of carbonyl (C=O) groups is 1. The van der Waals surface area contributed by atoms with Crippen molar-refractivity contribution in [2.45, 2.75) is 0 Å². The third kappa shape index (κ3) is 2.34. The van der Waals surface area contributed by atoms with Crippen molar-refractivity contribution in [3.8, 4) is 11.8 Å². The maximum absolute atomic E-state index is 11.6. The molecule has 0 aliphatic rings. The number of hydrogen-bond acceptors (Lipinski definition) is 3. The Morgan fingerprint density at radius 2 is 2.36 bits per heavy atom. The van der Waals surface area contributed by atoms with Crippen LogP contribution in [0.15, 0.2) is 11.4 Å². The van der Waals surface area contributed by atoms with Crippen molar-refractivity contribution < 1.29 is 9.90 Å². The van der Waals surface area contributed by atoms with Crippen LogP contribution in [-0.4, -0.2) is 36.6 Å². The second kappa shape index (κ2) is 4.80. The quantitative estimate of drug-likeness (QED) is 0.695. The summed E-state index contributed by atoms with van der Waals surface area (Å²) in [6.07, 6.45) is 0. The van der Waals surface area contributed by atoms with Gasteiger partial charge in [0, 0.05) is 19.7 Å². The first kappa shape index (κ1) is 10.8. The van der Waals surface area contributed by atoms with Gasteiger partial charge >= 0.3 is 0 Å². The summed E-state index contributed by atoms with van der Waals surface area (Å²) in [4.78, 5) is 13.7. The van der Waals surface area contributed by atoms with E-state index in [-0.39, 0.29) is 12.5 Å². The van der Waals surface area contributed by atoms with Gasteiger partial charge in [0.05, 0.1) is 0 Å². The molecule has 0 saturated carbocycles. The molecule has 1 amide bonds. The highest BCUT2D eigenvalue weighted by molar-refractivity contribution is 7.12. The number of nitrogens with zero attached hydrogens (tertiary/aromatic N) is 1. The first-order valence-electron chi connectivity index (χ1n) is 4.05. The third-order valence-corrected chi connectivity index (χ3v) is 2.47. The SMILES string of the molecule is CN(C)C(=O)c1sccc1C#CCO. The van der Waals surface area contributed by atoms with Gasteiger partial charge in [0.15, 0.2) is 0 Å².